The van der Waals surface area contributed by atoms with Crippen molar-refractivity contribution in [2.24, 2.45) is 7.05 Å². The Bertz CT molecular complexity index is 594. The van der Waals surface area contributed by atoms with Gasteiger partial charge in [0.15, 0.2) is 0 Å². The molecule has 3 N–H and O–H groups in total. The summed E-state index contributed by atoms with van der Waals surface area (Å²) in [6, 6.07) is 3.36. The maximum absolute atomic E-state index is 11.6. The summed E-state index contributed by atoms with van der Waals surface area (Å²) in [5.41, 5.74) is 7.34. The monoisotopic (exact) mass is 261 g/mol. The molecule has 0 aliphatic carbocycles. The highest BCUT2D eigenvalue weighted by Gasteiger charge is 2.13. The number of anilines is 2. The molecule has 7 nitrogen and oxygen atoms in total. The van der Waals surface area contributed by atoms with E-state index in [4.69, 9.17) is 10.5 Å². The Morgan fingerprint density at radius 3 is 3.00 bits per heavy atom. The summed E-state index contributed by atoms with van der Waals surface area (Å²) in [4.78, 5) is 15.6. The van der Waals surface area contributed by atoms with Crippen LogP contribution in [0.15, 0.2) is 24.5 Å². The number of ether oxygens (including phenoxy) is 1. The lowest BCUT2D eigenvalue weighted by Crippen LogP contribution is -2.10. The van der Waals surface area contributed by atoms with Crippen LogP contribution in [0.2, 0.25) is 0 Å². The number of esters is 1. The van der Waals surface area contributed by atoms with Gasteiger partial charge in [-0.25, -0.2) is 9.78 Å². The molecule has 0 spiro atoms. The molecule has 2 aromatic rings. The molecule has 0 fully saturated rings. The van der Waals surface area contributed by atoms with Crippen molar-refractivity contribution in [1.82, 2.24) is 14.8 Å². The number of carbonyl (C=O) groups excluding carboxylic acids is 1. The first-order chi connectivity index (χ1) is 9.10. The smallest absolute Gasteiger partial charge is 0.340 e. The number of rotatable bonds is 4. The van der Waals surface area contributed by atoms with Crippen molar-refractivity contribution in [3.8, 4) is 0 Å². The third-order valence-corrected chi connectivity index (χ3v) is 2.56. The summed E-state index contributed by atoms with van der Waals surface area (Å²) < 4.78 is 6.41. The van der Waals surface area contributed by atoms with E-state index in [-0.39, 0.29) is 5.82 Å². The van der Waals surface area contributed by atoms with Gasteiger partial charge in [-0.1, -0.05) is 0 Å². The molecule has 2 rings (SSSR count). The van der Waals surface area contributed by atoms with Gasteiger partial charge >= 0.3 is 5.97 Å². The van der Waals surface area contributed by atoms with E-state index in [1.54, 1.807) is 4.68 Å². The number of aryl methyl sites for hydroxylation is 1. The molecule has 0 atom stereocenters. The van der Waals surface area contributed by atoms with E-state index in [2.05, 4.69) is 15.4 Å². The van der Waals surface area contributed by atoms with E-state index in [1.165, 1.54) is 19.4 Å². The summed E-state index contributed by atoms with van der Waals surface area (Å²) >= 11 is 0. The van der Waals surface area contributed by atoms with Gasteiger partial charge in [0.1, 0.15) is 5.82 Å². The first-order valence-corrected chi connectivity index (χ1v) is 5.66. The normalized spacial score (nSPS) is 10.2. The molecule has 0 aromatic carbocycles. The third-order valence-electron chi connectivity index (χ3n) is 2.56. The van der Waals surface area contributed by atoms with Crippen LogP contribution in [0.1, 0.15) is 16.1 Å². The zero-order chi connectivity index (χ0) is 13.8. The Balaban J connectivity index is 2.17. The number of hydrogen-bond acceptors (Lipinski definition) is 6. The fourth-order valence-corrected chi connectivity index (χ4v) is 1.63. The van der Waals surface area contributed by atoms with Crippen molar-refractivity contribution in [2.45, 2.75) is 6.54 Å². The molecule has 0 saturated heterocycles. The van der Waals surface area contributed by atoms with Gasteiger partial charge in [0, 0.05) is 13.2 Å². The fourth-order valence-electron chi connectivity index (χ4n) is 1.63. The van der Waals surface area contributed by atoms with Crippen LogP contribution in [0, 0.1) is 0 Å². The van der Waals surface area contributed by atoms with Gasteiger partial charge in [0.25, 0.3) is 0 Å². The van der Waals surface area contributed by atoms with Crippen molar-refractivity contribution in [1.29, 1.82) is 0 Å². The third kappa shape index (κ3) is 3.01. The molecule has 0 aliphatic rings. The molecular formula is C12H15N5O2. The number of pyridine rings is 1. The number of nitrogens with one attached hydrogen (secondary N) is 1. The highest BCUT2D eigenvalue weighted by molar-refractivity contribution is 5.96. The van der Waals surface area contributed by atoms with Crippen molar-refractivity contribution in [3.63, 3.8) is 0 Å². The first-order valence-electron chi connectivity index (χ1n) is 5.66. The number of nitrogen functional groups attached to an aromatic ring is 1. The van der Waals surface area contributed by atoms with Crippen LogP contribution < -0.4 is 11.1 Å². The molecule has 19 heavy (non-hydrogen) atoms. The van der Waals surface area contributed by atoms with Crippen LogP contribution in [-0.4, -0.2) is 27.8 Å². The number of carbonyl (C=O) groups is 1. The molecule has 2 aromatic heterocycles. The minimum Gasteiger partial charge on any atom is -0.465 e. The molecule has 0 amide bonds. The van der Waals surface area contributed by atoms with Gasteiger partial charge in [-0.05, 0) is 12.1 Å². The highest BCUT2D eigenvalue weighted by Crippen LogP contribution is 2.18. The lowest BCUT2D eigenvalue weighted by molar-refractivity contribution is 0.0601. The van der Waals surface area contributed by atoms with E-state index in [9.17, 15) is 4.79 Å². The topological polar surface area (TPSA) is 95.1 Å². The van der Waals surface area contributed by atoms with Crippen LogP contribution in [0.4, 0.5) is 11.5 Å². The second-order valence-corrected chi connectivity index (χ2v) is 3.98. The quantitative estimate of drug-likeness (QED) is 0.790. The maximum atomic E-state index is 11.6. The fraction of sp³-hybridized carbons (Fsp3) is 0.250. The first kappa shape index (κ1) is 12.9. The molecule has 0 aliphatic heterocycles. The standard InChI is InChI=1S/C12H15N5O2/c1-17-4-3-8(16-17)6-14-10-7-15-11(13)5-9(10)12(18)19-2/h3-5,7,14H,6H2,1-2H3,(H2,13,15). The van der Waals surface area contributed by atoms with Crippen LogP contribution in [0.5, 0.6) is 0 Å². The predicted octanol–water partition coefficient (Wildman–Crippen LogP) is 0.796. The molecule has 7 heteroatoms. The Labute approximate surface area is 110 Å². The average molecular weight is 261 g/mol. The summed E-state index contributed by atoms with van der Waals surface area (Å²) in [6.45, 7) is 0.483. The maximum Gasteiger partial charge on any atom is 0.340 e. The molecular weight excluding hydrogens is 246 g/mol. The summed E-state index contributed by atoms with van der Waals surface area (Å²) in [7, 11) is 3.16. The summed E-state index contributed by atoms with van der Waals surface area (Å²) in [5, 5.41) is 7.32. The predicted molar refractivity (Wildman–Crippen MR) is 70.5 cm³/mol. The van der Waals surface area contributed by atoms with E-state index in [1.807, 2.05) is 19.3 Å². The summed E-state index contributed by atoms with van der Waals surface area (Å²) in [6.07, 6.45) is 3.35. The number of methoxy groups -OCH3 is 1. The second-order valence-electron chi connectivity index (χ2n) is 3.98. The number of nitrogens with two attached hydrogens (primary N) is 1. The van der Waals surface area contributed by atoms with Gasteiger partial charge in [0.2, 0.25) is 0 Å². The van der Waals surface area contributed by atoms with E-state index < -0.39 is 5.97 Å². The molecule has 0 radical (unpaired) electrons. The highest BCUT2D eigenvalue weighted by atomic mass is 16.5. The summed E-state index contributed by atoms with van der Waals surface area (Å²) in [5.74, 6) is -0.193. The lowest BCUT2D eigenvalue weighted by atomic mass is 10.2. The molecule has 0 bridgehead atoms. The minimum atomic E-state index is -0.461. The van der Waals surface area contributed by atoms with Gasteiger partial charge in [0.05, 0.1) is 36.8 Å². The van der Waals surface area contributed by atoms with Crippen molar-refractivity contribution >= 4 is 17.5 Å². The van der Waals surface area contributed by atoms with Crippen molar-refractivity contribution in [3.05, 3.63) is 35.8 Å². The number of aromatic nitrogens is 3. The van der Waals surface area contributed by atoms with E-state index in [0.29, 0.717) is 17.8 Å². The van der Waals surface area contributed by atoms with Crippen LogP contribution in [0.3, 0.4) is 0 Å². The van der Waals surface area contributed by atoms with Crippen LogP contribution in [-0.2, 0) is 18.3 Å². The molecule has 0 unspecified atom stereocenters. The zero-order valence-electron chi connectivity index (χ0n) is 10.8. The lowest BCUT2D eigenvalue weighted by Gasteiger charge is -2.09. The second kappa shape index (κ2) is 5.38. The number of nitrogens with zero attached hydrogens (tertiary/aromatic N) is 3. The molecule has 2 heterocycles. The van der Waals surface area contributed by atoms with Crippen LogP contribution >= 0.6 is 0 Å². The number of hydrogen-bond donors (Lipinski definition) is 2. The Hall–Kier alpha value is -2.57. The van der Waals surface area contributed by atoms with Gasteiger partial charge in [-0.15, -0.1) is 0 Å². The molecule has 100 valence electrons. The zero-order valence-corrected chi connectivity index (χ0v) is 10.8. The average Bonchev–Trinajstić information content (AvgIpc) is 2.82. The minimum absolute atomic E-state index is 0.267. The van der Waals surface area contributed by atoms with Gasteiger partial charge in [-0.3, -0.25) is 4.68 Å². The SMILES string of the molecule is COC(=O)c1cc(N)ncc1NCc1ccn(C)n1. The van der Waals surface area contributed by atoms with Gasteiger partial charge in [-0.2, -0.15) is 5.10 Å². The largest absolute Gasteiger partial charge is 0.465 e. The Morgan fingerprint density at radius 1 is 1.58 bits per heavy atom. The van der Waals surface area contributed by atoms with Crippen LogP contribution in [0.25, 0.3) is 0 Å². The Kier molecular flexibility index (Phi) is 3.65. The van der Waals surface area contributed by atoms with Gasteiger partial charge < -0.3 is 15.8 Å². The van der Waals surface area contributed by atoms with E-state index in [0.717, 1.165) is 5.69 Å². The van der Waals surface area contributed by atoms with Crippen molar-refractivity contribution in [2.75, 3.05) is 18.2 Å². The van der Waals surface area contributed by atoms with Crippen molar-refractivity contribution < 1.29 is 9.53 Å². The Morgan fingerprint density at radius 2 is 2.37 bits per heavy atom. The molecule has 0 saturated carbocycles. The van der Waals surface area contributed by atoms with E-state index >= 15 is 0 Å².